The minimum absolute atomic E-state index is 0.0849. The third kappa shape index (κ3) is 4.57. The molecule has 5 rings (SSSR count). The van der Waals surface area contributed by atoms with Gasteiger partial charge in [-0.05, 0) is 30.2 Å². The van der Waals surface area contributed by atoms with Crippen LogP contribution in [0.3, 0.4) is 0 Å². The first kappa shape index (κ1) is 22.9. The van der Waals surface area contributed by atoms with E-state index in [4.69, 9.17) is 18.4 Å². The molecular weight excluding hydrogens is 488 g/mol. The van der Waals surface area contributed by atoms with E-state index < -0.39 is 10.0 Å². The summed E-state index contributed by atoms with van der Waals surface area (Å²) in [6.45, 7) is 0.361. The van der Waals surface area contributed by atoms with E-state index in [0.717, 1.165) is 0 Å². The molecule has 0 aliphatic heterocycles. The Morgan fingerprint density at radius 2 is 2.03 bits per heavy atom. The second kappa shape index (κ2) is 9.43. The zero-order valence-corrected chi connectivity index (χ0v) is 19.8. The maximum absolute atomic E-state index is 13.4. The maximum Gasteiger partial charge on any atom is 0.273 e. The third-order valence-corrected chi connectivity index (χ3v) is 6.34. The van der Waals surface area contributed by atoms with Crippen LogP contribution in [-0.4, -0.2) is 47.5 Å². The minimum Gasteiger partial charge on any atom is -0.495 e. The summed E-state index contributed by atoms with van der Waals surface area (Å²) in [6, 6.07) is 7.92. The summed E-state index contributed by atoms with van der Waals surface area (Å²) in [5.74, 6) is 5.91. The highest BCUT2D eigenvalue weighted by atomic mass is 32.2. The van der Waals surface area contributed by atoms with Gasteiger partial charge in [0.15, 0.2) is 11.4 Å². The molecule has 0 aliphatic rings. The first-order valence-electron chi connectivity index (χ1n) is 10.4. The van der Waals surface area contributed by atoms with Crippen LogP contribution in [0.4, 0.5) is 5.82 Å². The molecule has 0 atom stereocenters. The van der Waals surface area contributed by atoms with Crippen LogP contribution >= 0.6 is 0 Å². The minimum atomic E-state index is -4.19. The molecule has 182 valence electrons. The van der Waals surface area contributed by atoms with Crippen molar-refractivity contribution in [3.8, 4) is 23.5 Å². The molecule has 0 aliphatic carbocycles. The van der Waals surface area contributed by atoms with Crippen LogP contribution in [0, 0.1) is 11.8 Å². The Labute approximate surface area is 204 Å². The van der Waals surface area contributed by atoms with E-state index in [2.05, 4.69) is 36.8 Å². The molecule has 0 spiro atoms. The molecule has 0 fully saturated rings. The Hall–Kier alpha value is -4.83. The molecule has 0 radical (unpaired) electrons. The van der Waals surface area contributed by atoms with Gasteiger partial charge in [0.05, 0.1) is 32.7 Å². The van der Waals surface area contributed by atoms with Crippen molar-refractivity contribution in [1.82, 2.24) is 24.9 Å². The SMILES string of the molecule is COc1ccc(C#Cc2ncco2)cc1S(=O)(=O)Nc1noc2cc(Cn3cccn3)nc(OC)c12. The number of pyridine rings is 1. The number of oxazole rings is 1. The van der Waals surface area contributed by atoms with Gasteiger partial charge in [0, 0.05) is 24.0 Å². The fraction of sp³-hybridized carbons (Fsp3) is 0.130. The van der Waals surface area contributed by atoms with E-state index in [0.29, 0.717) is 23.4 Å². The highest BCUT2D eigenvalue weighted by molar-refractivity contribution is 7.92. The standard InChI is InChI=1S/C23H18N6O6S/c1-32-17-6-4-15(5-7-20-24-9-11-34-20)12-19(17)36(30,31)28-22-21-18(35-27-22)13-16(26-23(21)33-2)14-29-10-3-8-25-29/h3-4,6,8-13H,14H2,1-2H3,(H,27,28). The molecule has 1 N–H and O–H groups in total. The zero-order valence-electron chi connectivity index (χ0n) is 19.0. The van der Waals surface area contributed by atoms with E-state index >= 15 is 0 Å². The van der Waals surface area contributed by atoms with E-state index in [1.807, 2.05) is 0 Å². The van der Waals surface area contributed by atoms with Crippen LogP contribution in [0.1, 0.15) is 17.1 Å². The van der Waals surface area contributed by atoms with Gasteiger partial charge in [-0.2, -0.15) is 5.10 Å². The lowest BCUT2D eigenvalue weighted by molar-refractivity contribution is 0.400. The normalized spacial score (nSPS) is 11.2. The summed E-state index contributed by atoms with van der Waals surface area (Å²) in [6.07, 6.45) is 6.29. The zero-order chi connectivity index (χ0) is 25.1. The number of hydrogen-bond donors (Lipinski definition) is 1. The largest absolute Gasteiger partial charge is 0.495 e. The topological polar surface area (TPSA) is 147 Å². The fourth-order valence-corrected chi connectivity index (χ4v) is 4.60. The van der Waals surface area contributed by atoms with E-state index in [1.165, 1.54) is 38.8 Å². The van der Waals surface area contributed by atoms with Gasteiger partial charge in [0.1, 0.15) is 22.3 Å². The molecule has 13 heteroatoms. The number of hydrogen-bond acceptors (Lipinski definition) is 10. The second-order valence-electron chi connectivity index (χ2n) is 7.29. The molecule has 4 heterocycles. The third-order valence-electron chi connectivity index (χ3n) is 4.98. The Bertz CT molecular complexity index is 1680. The van der Waals surface area contributed by atoms with Crippen LogP contribution in [0.5, 0.6) is 11.6 Å². The Morgan fingerprint density at radius 1 is 1.14 bits per heavy atom. The van der Waals surface area contributed by atoms with Crippen LogP contribution < -0.4 is 14.2 Å². The Kier molecular flexibility index (Phi) is 6.01. The number of aromatic nitrogens is 5. The van der Waals surface area contributed by atoms with Gasteiger partial charge < -0.3 is 18.4 Å². The quantitative estimate of drug-likeness (QED) is 0.327. The van der Waals surface area contributed by atoms with Crippen molar-refractivity contribution in [3.05, 3.63) is 72.3 Å². The van der Waals surface area contributed by atoms with Crippen molar-refractivity contribution in [2.45, 2.75) is 11.4 Å². The molecule has 0 unspecified atom stereocenters. The molecule has 12 nitrogen and oxygen atoms in total. The van der Waals surface area contributed by atoms with Gasteiger partial charge in [-0.3, -0.25) is 9.40 Å². The van der Waals surface area contributed by atoms with E-state index in [9.17, 15) is 8.42 Å². The number of rotatable bonds is 7. The monoisotopic (exact) mass is 506 g/mol. The predicted octanol–water partition coefficient (Wildman–Crippen LogP) is 2.67. The number of anilines is 1. The number of sulfonamides is 1. The van der Waals surface area contributed by atoms with Crippen LogP contribution in [-0.2, 0) is 16.6 Å². The van der Waals surface area contributed by atoms with Gasteiger partial charge >= 0.3 is 0 Å². The molecule has 4 aromatic heterocycles. The molecule has 5 aromatic rings. The van der Waals surface area contributed by atoms with Crippen LogP contribution in [0.25, 0.3) is 11.0 Å². The number of nitrogens with one attached hydrogen (secondary N) is 1. The fourth-order valence-electron chi connectivity index (χ4n) is 3.39. The van der Waals surface area contributed by atoms with Gasteiger partial charge in [-0.25, -0.2) is 18.4 Å². The van der Waals surface area contributed by atoms with Crippen LogP contribution in [0.2, 0.25) is 0 Å². The number of ether oxygens (including phenoxy) is 2. The Morgan fingerprint density at radius 3 is 2.75 bits per heavy atom. The highest BCUT2D eigenvalue weighted by Crippen LogP contribution is 2.34. The molecule has 0 bridgehead atoms. The first-order valence-corrected chi connectivity index (χ1v) is 11.9. The van der Waals surface area contributed by atoms with Crippen molar-refractivity contribution in [2.24, 2.45) is 0 Å². The summed E-state index contributed by atoms with van der Waals surface area (Å²) < 4.78 is 52.0. The van der Waals surface area contributed by atoms with Gasteiger partial charge in [0.2, 0.25) is 5.88 Å². The predicted molar refractivity (Wildman–Crippen MR) is 126 cm³/mol. The summed E-state index contributed by atoms with van der Waals surface area (Å²) in [5.41, 5.74) is 1.29. The maximum atomic E-state index is 13.4. The summed E-state index contributed by atoms with van der Waals surface area (Å²) >= 11 is 0. The Balaban J connectivity index is 1.50. The number of nitrogens with zero attached hydrogens (tertiary/aromatic N) is 5. The molecule has 1 aromatic carbocycles. The van der Waals surface area contributed by atoms with Gasteiger partial charge in [0.25, 0.3) is 15.9 Å². The first-order chi connectivity index (χ1) is 17.5. The van der Waals surface area contributed by atoms with Gasteiger partial charge in [-0.15, -0.1) is 0 Å². The number of fused-ring (bicyclic) bond motifs is 1. The average Bonchev–Trinajstić information content (AvgIpc) is 3.65. The molecule has 0 saturated carbocycles. The lowest BCUT2D eigenvalue weighted by atomic mass is 10.2. The summed E-state index contributed by atoms with van der Waals surface area (Å²) in [5, 5.41) is 8.32. The van der Waals surface area contributed by atoms with Gasteiger partial charge in [-0.1, -0.05) is 11.1 Å². The molecule has 0 amide bonds. The van der Waals surface area contributed by atoms with Crippen molar-refractivity contribution < 1.29 is 26.8 Å². The van der Waals surface area contributed by atoms with Crippen molar-refractivity contribution >= 4 is 26.8 Å². The molecule has 36 heavy (non-hydrogen) atoms. The summed E-state index contributed by atoms with van der Waals surface area (Å²) in [4.78, 5) is 8.22. The van der Waals surface area contributed by atoms with Crippen molar-refractivity contribution in [1.29, 1.82) is 0 Å². The summed E-state index contributed by atoms with van der Waals surface area (Å²) in [7, 11) is -1.40. The average molecular weight is 507 g/mol. The lowest BCUT2D eigenvalue weighted by Gasteiger charge is -2.11. The van der Waals surface area contributed by atoms with Crippen molar-refractivity contribution in [2.75, 3.05) is 18.9 Å². The molecule has 0 saturated heterocycles. The number of methoxy groups -OCH3 is 2. The van der Waals surface area contributed by atoms with Crippen LogP contribution in [0.15, 0.2) is 69.0 Å². The lowest BCUT2D eigenvalue weighted by Crippen LogP contribution is -2.15. The smallest absolute Gasteiger partial charge is 0.273 e. The number of benzene rings is 1. The van der Waals surface area contributed by atoms with E-state index in [-0.39, 0.29) is 33.6 Å². The van der Waals surface area contributed by atoms with Crippen molar-refractivity contribution in [3.63, 3.8) is 0 Å². The molecular formula is C23H18N6O6S. The highest BCUT2D eigenvalue weighted by Gasteiger charge is 2.25. The second-order valence-corrected chi connectivity index (χ2v) is 8.94. The van der Waals surface area contributed by atoms with E-state index in [1.54, 1.807) is 35.3 Å².